The van der Waals surface area contributed by atoms with Gasteiger partial charge in [0.1, 0.15) is 11.9 Å². The highest BCUT2D eigenvalue weighted by Gasteiger charge is 2.27. The maximum absolute atomic E-state index is 11.5. The summed E-state index contributed by atoms with van der Waals surface area (Å²) in [6, 6.07) is -0.614. The predicted octanol–water partition coefficient (Wildman–Crippen LogP) is 0.810. The average Bonchev–Trinajstić information content (AvgIpc) is 3.36. The molecule has 10 heteroatoms. The maximum atomic E-state index is 11.5. The van der Waals surface area contributed by atoms with Crippen molar-refractivity contribution in [3.63, 3.8) is 0 Å². The summed E-state index contributed by atoms with van der Waals surface area (Å²) in [5, 5.41) is 13.6. The van der Waals surface area contributed by atoms with Crippen LogP contribution >= 0.6 is 12.2 Å². The molecule has 0 aliphatic heterocycles. The van der Waals surface area contributed by atoms with Crippen molar-refractivity contribution < 1.29 is 9.59 Å². The van der Waals surface area contributed by atoms with Crippen molar-refractivity contribution in [2.75, 3.05) is 10.6 Å². The Balaban J connectivity index is 2.16. The monoisotopic (exact) mass is 363 g/mol. The Labute approximate surface area is 150 Å². The van der Waals surface area contributed by atoms with Crippen molar-refractivity contribution in [3.05, 3.63) is 11.9 Å². The minimum atomic E-state index is -0.761. The lowest BCUT2D eigenvalue weighted by Gasteiger charge is -2.16. The number of carbonyl (C=O) groups excluding carboxylic acids is 2. The van der Waals surface area contributed by atoms with Gasteiger partial charge < -0.3 is 27.5 Å². The molecule has 2 amide bonds. The summed E-state index contributed by atoms with van der Waals surface area (Å²) >= 11 is 5.23. The highest BCUT2D eigenvalue weighted by molar-refractivity contribution is 7.80. The zero-order chi connectivity index (χ0) is 18.6. The summed E-state index contributed by atoms with van der Waals surface area (Å²) in [6.45, 7) is 1.80. The fourth-order valence-corrected chi connectivity index (χ4v) is 2.46. The van der Waals surface area contributed by atoms with Crippen molar-refractivity contribution in [3.8, 4) is 0 Å². The number of thiocarbonyl (C=S) groups is 1. The van der Waals surface area contributed by atoms with Crippen LogP contribution in [-0.2, 0) is 4.79 Å². The Morgan fingerprint density at radius 2 is 2.12 bits per heavy atom. The van der Waals surface area contributed by atoms with Gasteiger partial charge >= 0.3 is 0 Å². The Bertz CT molecular complexity index is 718. The quantitative estimate of drug-likeness (QED) is 0.320. The van der Waals surface area contributed by atoms with Crippen LogP contribution in [0.2, 0.25) is 0 Å². The van der Waals surface area contributed by atoms with E-state index in [2.05, 4.69) is 20.6 Å². The molecule has 0 radical (unpaired) electrons. The smallest absolute Gasteiger partial charge is 0.271 e. The van der Waals surface area contributed by atoms with Crippen LogP contribution < -0.4 is 22.1 Å². The van der Waals surface area contributed by atoms with Gasteiger partial charge in [0.2, 0.25) is 5.91 Å². The molecule has 7 N–H and O–H groups in total. The molecule has 0 aromatic carbocycles. The van der Waals surface area contributed by atoms with Crippen molar-refractivity contribution >= 4 is 46.4 Å². The van der Waals surface area contributed by atoms with E-state index in [0.29, 0.717) is 23.0 Å². The molecule has 1 saturated carbocycles. The normalized spacial score (nSPS) is 14.4. The average molecular weight is 363 g/mol. The Kier molecular flexibility index (Phi) is 5.97. The van der Waals surface area contributed by atoms with E-state index >= 15 is 0 Å². The van der Waals surface area contributed by atoms with E-state index in [1.54, 1.807) is 6.92 Å². The van der Waals surface area contributed by atoms with Crippen LogP contribution in [0.5, 0.6) is 0 Å². The van der Waals surface area contributed by atoms with Gasteiger partial charge in [0.05, 0.1) is 11.2 Å². The van der Waals surface area contributed by atoms with Crippen LogP contribution in [0.15, 0.2) is 6.20 Å². The first kappa shape index (κ1) is 18.7. The number of carbonyl (C=O) groups is 2. The van der Waals surface area contributed by atoms with Crippen molar-refractivity contribution in [1.82, 2.24) is 9.97 Å². The molecule has 1 fully saturated rings. The number of hydrogen-bond acceptors (Lipinski definition) is 7. The topological polar surface area (TPSA) is 160 Å². The molecule has 1 aromatic heterocycles. The summed E-state index contributed by atoms with van der Waals surface area (Å²) in [5.74, 6) is -0.631. The maximum Gasteiger partial charge on any atom is 0.271 e. The van der Waals surface area contributed by atoms with Crippen LogP contribution in [0.4, 0.5) is 11.6 Å². The van der Waals surface area contributed by atoms with E-state index in [1.165, 1.54) is 6.20 Å². The molecule has 9 nitrogen and oxygen atoms in total. The van der Waals surface area contributed by atoms with Gasteiger partial charge in [-0.05, 0) is 25.2 Å². The number of nitrogens with zero attached hydrogens (tertiary/aromatic N) is 2. The van der Waals surface area contributed by atoms with Crippen LogP contribution in [0.3, 0.4) is 0 Å². The van der Waals surface area contributed by atoms with Crippen LogP contribution in [-0.4, -0.2) is 38.5 Å². The molecule has 1 unspecified atom stereocenters. The number of aromatic nitrogens is 2. The molecule has 1 aliphatic rings. The molecule has 0 spiro atoms. The van der Waals surface area contributed by atoms with Gasteiger partial charge in [0.25, 0.3) is 5.91 Å². The van der Waals surface area contributed by atoms with E-state index in [4.69, 9.17) is 29.1 Å². The molecule has 1 heterocycles. The second-order valence-electron chi connectivity index (χ2n) is 5.85. The zero-order valence-electron chi connectivity index (χ0n) is 13.8. The summed E-state index contributed by atoms with van der Waals surface area (Å²) in [7, 11) is 0. The van der Waals surface area contributed by atoms with Crippen LogP contribution in [0, 0.1) is 11.3 Å². The molecule has 1 aliphatic carbocycles. The molecule has 0 bridgehead atoms. The second kappa shape index (κ2) is 7.97. The summed E-state index contributed by atoms with van der Waals surface area (Å²) in [6.07, 6.45) is 4.08. The number of rotatable bonds is 9. The second-order valence-corrected chi connectivity index (χ2v) is 6.34. The highest BCUT2D eigenvalue weighted by atomic mass is 32.1. The van der Waals surface area contributed by atoms with Crippen LogP contribution in [0.25, 0.3) is 0 Å². The van der Waals surface area contributed by atoms with Crippen LogP contribution in [0.1, 0.15) is 43.1 Å². The number of amides is 2. The summed E-state index contributed by atoms with van der Waals surface area (Å²) in [5.41, 5.74) is 11.1. The third-order valence-electron chi connectivity index (χ3n) is 3.76. The molecular weight excluding hydrogens is 342 g/mol. The largest absolute Gasteiger partial charge is 0.368 e. The fourth-order valence-electron chi connectivity index (χ4n) is 2.20. The number of primary amides is 2. The lowest BCUT2D eigenvalue weighted by molar-refractivity contribution is -0.118. The molecule has 1 aromatic rings. The molecule has 25 heavy (non-hydrogen) atoms. The number of nitrogens with two attached hydrogens (primary N) is 2. The SMILES string of the molecule is CCC(Nc1cnc(C(N)=O)c(NC(=S)CC(=N)C2CC2)n1)C(N)=O. The van der Waals surface area contributed by atoms with Gasteiger partial charge in [-0.3, -0.25) is 9.59 Å². The van der Waals surface area contributed by atoms with E-state index in [0.717, 1.165) is 12.8 Å². The van der Waals surface area contributed by atoms with Gasteiger partial charge in [-0.1, -0.05) is 19.1 Å². The molecule has 0 saturated heterocycles. The fraction of sp³-hybridized carbons (Fsp3) is 0.467. The first-order valence-electron chi connectivity index (χ1n) is 7.91. The minimum absolute atomic E-state index is 0.0713. The summed E-state index contributed by atoms with van der Waals surface area (Å²) < 4.78 is 0. The van der Waals surface area contributed by atoms with Crippen molar-refractivity contribution in [2.24, 2.45) is 17.4 Å². The molecule has 2 rings (SSSR count). The van der Waals surface area contributed by atoms with Gasteiger partial charge in [0.15, 0.2) is 11.5 Å². The number of nitrogens with one attached hydrogen (secondary N) is 3. The Hall–Kier alpha value is -2.62. The Morgan fingerprint density at radius 3 is 2.64 bits per heavy atom. The highest BCUT2D eigenvalue weighted by Crippen LogP contribution is 2.31. The van der Waals surface area contributed by atoms with E-state index < -0.39 is 17.9 Å². The van der Waals surface area contributed by atoms with Crippen molar-refractivity contribution in [1.29, 1.82) is 5.41 Å². The van der Waals surface area contributed by atoms with Gasteiger partial charge in [-0.15, -0.1) is 0 Å². The third-order valence-corrected chi connectivity index (χ3v) is 4.01. The molecule has 1 atom stereocenters. The molecule has 134 valence electrons. The predicted molar refractivity (Wildman–Crippen MR) is 98.7 cm³/mol. The van der Waals surface area contributed by atoms with Gasteiger partial charge in [0, 0.05) is 12.1 Å². The third kappa shape index (κ3) is 5.18. The number of anilines is 2. The van der Waals surface area contributed by atoms with E-state index in [1.807, 2.05) is 0 Å². The summed E-state index contributed by atoms with van der Waals surface area (Å²) in [4.78, 5) is 31.4. The van der Waals surface area contributed by atoms with E-state index in [-0.39, 0.29) is 23.8 Å². The lowest BCUT2D eigenvalue weighted by atomic mass is 10.2. The van der Waals surface area contributed by atoms with Gasteiger partial charge in [-0.2, -0.15) is 0 Å². The van der Waals surface area contributed by atoms with Crippen molar-refractivity contribution in [2.45, 2.75) is 38.6 Å². The first-order valence-corrected chi connectivity index (χ1v) is 8.32. The van der Waals surface area contributed by atoms with Gasteiger partial charge in [-0.25, -0.2) is 9.97 Å². The van der Waals surface area contributed by atoms with E-state index in [9.17, 15) is 9.59 Å². The zero-order valence-corrected chi connectivity index (χ0v) is 14.7. The first-order chi connectivity index (χ1) is 11.8. The minimum Gasteiger partial charge on any atom is -0.368 e. The molecular formula is C15H21N7O2S. The standard InChI is InChI=1S/C15H21N7O2S/c1-2-9(13(17)23)20-10-6-19-12(14(18)24)15(21-10)22-11(25)5-8(16)7-3-4-7/h6-7,9,16H,2-5H2,1H3,(H2,17,23)(H2,18,24)(H2,20,21,22,25). The lowest BCUT2D eigenvalue weighted by Crippen LogP contribution is -2.35. The Morgan fingerprint density at radius 1 is 1.44 bits per heavy atom. The number of hydrogen-bond donors (Lipinski definition) is 5.